The van der Waals surface area contributed by atoms with E-state index in [1.54, 1.807) is 18.2 Å². The van der Waals surface area contributed by atoms with Gasteiger partial charge in [-0.1, -0.05) is 23.2 Å². The van der Waals surface area contributed by atoms with Gasteiger partial charge in [0.25, 0.3) is 5.91 Å². The van der Waals surface area contributed by atoms with E-state index < -0.39 is 0 Å². The van der Waals surface area contributed by atoms with Gasteiger partial charge in [-0.15, -0.1) is 0 Å². The molecule has 1 N–H and O–H groups in total. The van der Waals surface area contributed by atoms with E-state index >= 15 is 0 Å². The third kappa shape index (κ3) is 2.63. The van der Waals surface area contributed by atoms with E-state index in [1.165, 1.54) is 0 Å². The first-order chi connectivity index (χ1) is 8.50. The second-order valence-electron chi connectivity index (χ2n) is 4.61. The third-order valence-corrected chi connectivity index (χ3v) is 4.00. The van der Waals surface area contributed by atoms with Crippen LogP contribution >= 0.6 is 23.2 Å². The molecule has 0 aromatic heterocycles. The molecule has 2 atom stereocenters. The van der Waals surface area contributed by atoms with Crippen LogP contribution in [0.3, 0.4) is 0 Å². The molecule has 5 heteroatoms. The summed E-state index contributed by atoms with van der Waals surface area (Å²) >= 11 is 11.9. The molecule has 1 aliphatic heterocycles. The molecule has 2 rings (SSSR count). The normalized spacial score (nSPS) is 24.1. The van der Waals surface area contributed by atoms with Crippen LogP contribution in [0.2, 0.25) is 10.0 Å². The van der Waals surface area contributed by atoms with Crippen LogP contribution in [0.1, 0.15) is 24.2 Å². The van der Waals surface area contributed by atoms with Crippen molar-refractivity contribution in [3.05, 3.63) is 33.8 Å². The van der Waals surface area contributed by atoms with E-state index in [0.717, 1.165) is 6.54 Å². The van der Waals surface area contributed by atoms with E-state index in [-0.39, 0.29) is 18.0 Å². The van der Waals surface area contributed by atoms with Crippen LogP contribution in [0.5, 0.6) is 0 Å². The fourth-order valence-electron chi connectivity index (χ4n) is 2.16. The van der Waals surface area contributed by atoms with Gasteiger partial charge in [0.2, 0.25) is 0 Å². The van der Waals surface area contributed by atoms with Crippen LogP contribution in [-0.4, -0.2) is 36.0 Å². The van der Waals surface area contributed by atoms with Crippen molar-refractivity contribution in [2.45, 2.75) is 25.9 Å². The predicted octanol–water partition coefficient (Wildman–Crippen LogP) is 2.82. The van der Waals surface area contributed by atoms with E-state index in [1.807, 2.05) is 11.8 Å². The summed E-state index contributed by atoms with van der Waals surface area (Å²) in [5, 5.41) is 4.29. The van der Waals surface area contributed by atoms with E-state index in [9.17, 15) is 4.79 Å². The van der Waals surface area contributed by atoms with Crippen molar-refractivity contribution in [1.82, 2.24) is 10.2 Å². The zero-order valence-electron chi connectivity index (χ0n) is 10.4. The maximum atomic E-state index is 12.5. The highest BCUT2D eigenvalue weighted by Crippen LogP contribution is 2.23. The second-order valence-corrected chi connectivity index (χ2v) is 5.45. The molecule has 2 unspecified atom stereocenters. The monoisotopic (exact) mass is 286 g/mol. The van der Waals surface area contributed by atoms with Crippen LogP contribution in [0.4, 0.5) is 0 Å². The Morgan fingerprint density at radius 3 is 2.78 bits per heavy atom. The van der Waals surface area contributed by atoms with Crippen LogP contribution < -0.4 is 5.32 Å². The minimum Gasteiger partial charge on any atom is -0.333 e. The van der Waals surface area contributed by atoms with E-state index in [4.69, 9.17) is 23.2 Å². The van der Waals surface area contributed by atoms with Crippen molar-refractivity contribution >= 4 is 29.1 Å². The molecule has 1 heterocycles. The molecule has 0 bridgehead atoms. The number of piperazine rings is 1. The first-order valence-electron chi connectivity index (χ1n) is 6.00. The Hall–Kier alpha value is -0.770. The maximum absolute atomic E-state index is 12.5. The summed E-state index contributed by atoms with van der Waals surface area (Å²) in [6, 6.07) is 5.42. The molecule has 0 spiro atoms. The van der Waals surface area contributed by atoms with Gasteiger partial charge in [-0.05, 0) is 32.0 Å². The standard InChI is InChI=1S/C13H16Cl2N2O/c1-8-9(2)17(6-5-16-8)13(18)11-4-3-10(14)7-12(11)15/h3-4,7-9,16H,5-6H2,1-2H3. The summed E-state index contributed by atoms with van der Waals surface area (Å²) in [4.78, 5) is 14.3. The number of benzene rings is 1. The fourth-order valence-corrected chi connectivity index (χ4v) is 2.65. The summed E-state index contributed by atoms with van der Waals surface area (Å²) in [5.41, 5.74) is 0.516. The molecule has 1 aliphatic rings. The van der Waals surface area contributed by atoms with Gasteiger partial charge in [-0.2, -0.15) is 0 Å². The molecule has 0 radical (unpaired) electrons. The van der Waals surface area contributed by atoms with Crippen molar-refractivity contribution in [3.8, 4) is 0 Å². The molecule has 3 nitrogen and oxygen atoms in total. The molecule has 0 saturated carbocycles. The maximum Gasteiger partial charge on any atom is 0.255 e. The lowest BCUT2D eigenvalue weighted by Gasteiger charge is -2.38. The largest absolute Gasteiger partial charge is 0.333 e. The summed E-state index contributed by atoms with van der Waals surface area (Å²) in [7, 11) is 0. The summed E-state index contributed by atoms with van der Waals surface area (Å²) < 4.78 is 0. The molecule has 98 valence electrons. The first kappa shape index (κ1) is 13.7. The third-order valence-electron chi connectivity index (χ3n) is 3.46. The van der Waals surface area contributed by atoms with Gasteiger partial charge in [-0.3, -0.25) is 4.79 Å². The van der Waals surface area contributed by atoms with Gasteiger partial charge < -0.3 is 10.2 Å². The molecule has 0 aliphatic carbocycles. The number of hydrogen-bond acceptors (Lipinski definition) is 2. The van der Waals surface area contributed by atoms with Crippen molar-refractivity contribution in [1.29, 1.82) is 0 Å². The first-order valence-corrected chi connectivity index (χ1v) is 6.75. The zero-order valence-corrected chi connectivity index (χ0v) is 11.9. The smallest absolute Gasteiger partial charge is 0.255 e. The van der Waals surface area contributed by atoms with E-state index in [0.29, 0.717) is 22.2 Å². The van der Waals surface area contributed by atoms with Crippen molar-refractivity contribution in [2.24, 2.45) is 0 Å². The fraction of sp³-hybridized carbons (Fsp3) is 0.462. The van der Waals surface area contributed by atoms with Crippen molar-refractivity contribution in [3.63, 3.8) is 0 Å². The molecule has 18 heavy (non-hydrogen) atoms. The Kier molecular flexibility index (Phi) is 4.15. The SMILES string of the molecule is CC1NCCN(C(=O)c2ccc(Cl)cc2Cl)C1C. The van der Waals surface area contributed by atoms with E-state index in [2.05, 4.69) is 12.2 Å². The summed E-state index contributed by atoms with van der Waals surface area (Å²) in [5.74, 6) is -0.0301. The quantitative estimate of drug-likeness (QED) is 0.861. The number of carbonyl (C=O) groups excluding carboxylic acids is 1. The molecule has 1 amide bonds. The van der Waals surface area contributed by atoms with Gasteiger partial charge in [0.1, 0.15) is 0 Å². The molecule has 1 aromatic rings. The Balaban J connectivity index is 2.25. The highest BCUT2D eigenvalue weighted by molar-refractivity contribution is 6.36. The molecule has 1 aromatic carbocycles. The van der Waals surface area contributed by atoms with Crippen molar-refractivity contribution < 1.29 is 4.79 Å². The molecular formula is C13H16Cl2N2O. The van der Waals surface area contributed by atoms with Gasteiger partial charge in [0, 0.05) is 30.2 Å². The number of amides is 1. The minimum absolute atomic E-state index is 0.0301. The highest BCUT2D eigenvalue weighted by atomic mass is 35.5. The lowest BCUT2D eigenvalue weighted by atomic mass is 10.1. The number of hydrogen-bond donors (Lipinski definition) is 1. The van der Waals surface area contributed by atoms with Gasteiger partial charge in [0.15, 0.2) is 0 Å². The summed E-state index contributed by atoms with van der Waals surface area (Å²) in [6.45, 7) is 5.62. The zero-order chi connectivity index (χ0) is 13.3. The number of nitrogens with one attached hydrogen (secondary N) is 1. The number of rotatable bonds is 1. The number of halogens is 2. The number of nitrogens with zero attached hydrogens (tertiary/aromatic N) is 1. The highest BCUT2D eigenvalue weighted by Gasteiger charge is 2.29. The minimum atomic E-state index is -0.0301. The Morgan fingerprint density at radius 1 is 1.39 bits per heavy atom. The Bertz CT molecular complexity index is 464. The lowest BCUT2D eigenvalue weighted by molar-refractivity contribution is 0.0603. The second kappa shape index (κ2) is 5.47. The van der Waals surface area contributed by atoms with Crippen LogP contribution in [0.25, 0.3) is 0 Å². The number of carbonyl (C=O) groups is 1. The van der Waals surface area contributed by atoms with Gasteiger partial charge in [-0.25, -0.2) is 0 Å². The van der Waals surface area contributed by atoms with Crippen LogP contribution in [-0.2, 0) is 0 Å². The molecular weight excluding hydrogens is 271 g/mol. The van der Waals surface area contributed by atoms with Gasteiger partial charge >= 0.3 is 0 Å². The van der Waals surface area contributed by atoms with Gasteiger partial charge in [0.05, 0.1) is 10.6 Å². The van der Waals surface area contributed by atoms with Crippen molar-refractivity contribution in [2.75, 3.05) is 13.1 Å². The topological polar surface area (TPSA) is 32.3 Å². The average molecular weight is 287 g/mol. The molecule has 1 saturated heterocycles. The van der Waals surface area contributed by atoms with Crippen LogP contribution in [0, 0.1) is 0 Å². The Labute approximate surface area is 117 Å². The molecule has 1 fully saturated rings. The Morgan fingerprint density at radius 2 is 2.11 bits per heavy atom. The summed E-state index contributed by atoms with van der Waals surface area (Å²) in [6.07, 6.45) is 0. The van der Waals surface area contributed by atoms with Crippen LogP contribution in [0.15, 0.2) is 18.2 Å². The average Bonchev–Trinajstić information content (AvgIpc) is 2.32. The predicted molar refractivity (Wildman–Crippen MR) is 74.4 cm³/mol. The lowest BCUT2D eigenvalue weighted by Crippen LogP contribution is -2.57.